The number of hydrogen-bond acceptors (Lipinski definition) is 4. The molecule has 0 spiro atoms. The van der Waals surface area contributed by atoms with Crippen molar-refractivity contribution in [2.24, 2.45) is 0 Å². The minimum atomic E-state index is -0.262. The highest BCUT2D eigenvalue weighted by Gasteiger charge is 2.41. The van der Waals surface area contributed by atoms with Gasteiger partial charge in [0.1, 0.15) is 11.4 Å². The molecule has 76 valence electrons. The zero-order chi connectivity index (χ0) is 10.2. The number of hydrogen-bond donors (Lipinski definition) is 1. The fourth-order valence-electron chi connectivity index (χ4n) is 1.69. The minimum Gasteiger partial charge on any atom is -0.383 e. The van der Waals surface area contributed by atoms with Gasteiger partial charge in [-0.05, 0) is 26.2 Å². The molecule has 1 aliphatic rings. The normalized spacial score (nSPS) is 19.0. The van der Waals surface area contributed by atoms with Gasteiger partial charge in [0.2, 0.25) is 0 Å². The van der Waals surface area contributed by atoms with Crippen molar-refractivity contribution in [2.45, 2.75) is 31.8 Å². The van der Waals surface area contributed by atoms with E-state index in [0.717, 1.165) is 24.2 Å². The number of nitrogen functional groups attached to an aromatic ring is 1. The van der Waals surface area contributed by atoms with E-state index in [4.69, 9.17) is 10.5 Å². The summed E-state index contributed by atoms with van der Waals surface area (Å²) in [5.41, 5.74) is 6.40. The molecule has 0 aliphatic heterocycles. The zero-order valence-corrected chi connectivity index (χ0v) is 8.58. The highest BCUT2D eigenvalue weighted by atomic mass is 16.5. The van der Waals surface area contributed by atoms with Gasteiger partial charge < -0.3 is 10.5 Å². The lowest BCUT2D eigenvalue weighted by molar-refractivity contribution is -0.0845. The van der Waals surface area contributed by atoms with Gasteiger partial charge >= 0.3 is 0 Å². The summed E-state index contributed by atoms with van der Waals surface area (Å²) in [4.78, 5) is 8.57. The third-order valence-electron chi connectivity index (χ3n) is 2.97. The van der Waals surface area contributed by atoms with Crippen molar-refractivity contribution in [3.05, 3.63) is 17.6 Å². The molecule has 0 bridgehead atoms. The number of aromatic nitrogens is 2. The van der Waals surface area contributed by atoms with Crippen LogP contribution in [-0.2, 0) is 10.3 Å². The molecule has 2 N–H and O–H groups in total. The second-order valence-electron chi connectivity index (χ2n) is 3.81. The van der Waals surface area contributed by atoms with Crippen molar-refractivity contribution in [2.75, 3.05) is 12.8 Å². The van der Waals surface area contributed by atoms with Gasteiger partial charge in [0.15, 0.2) is 5.82 Å². The molecule has 0 saturated heterocycles. The molecule has 2 rings (SSSR count). The second-order valence-corrected chi connectivity index (χ2v) is 3.81. The topological polar surface area (TPSA) is 61.0 Å². The Bertz CT molecular complexity index is 342. The number of methoxy groups -OCH3 is 1. The van der Waals surface area contributed by atoms with E-state index < -0.39 is 0 Å². The smallest absolute Gasteiger partial charge is 0.162 e. The first-order valence-corrected chi connectivity index (χ1v) is 4.83. The van der Waals surface area contributed by atoms with E-state index >= 15 is 0 Å². The molecular formula is C10H15N3O. The van der Waals surface area contributed by atoms with Crippen LogP contribution in [0, 0.1) is 6.92 Å². The van der Waals surface area contributed by atoms with E-state index in [1.54, 1.807) is 13.3 Å². The number of rotatable bonds is 2. The van der Waals surface area contributed by atoms with Crippen LogP contribution in [0.1, 0.15) is 30.7 Å². The molecule has 0 radical (unpaired) electrons. The first-order valence-electron chi connectivity index (χ1n) is 4.83. The van der Waals surface area contributed by atoms with Gasteiger partial charge in [-0.25, -0.2) is 9.97 Å². The highest BCUT2D eigenvalue weighted by molar-refractivity contribution is 5.37. The van der Waals surface area contributed by atoms with E-state index in [-0.39, 0.29) is 5.60 Å². The lowest BCUT2D eigenvalue weighted by atomic mass is 9.79. The first-order chi connectivity index (χ1) is 6.68. The van der Waals surface area contributed by atoms with Crippen LogP contribution in [0.3, 0.4) is 0 Å². The summed E-state index contributed by atoms with van der Waals surface area (Å²) >= 11 is 0. The Morgan fingerprint density at radius 2 is 2.21 bits per heavy atom. The second kappa shape index (κ2) is 3.20. The lowest BCUT2D eigenvalue weighted by Crippen LogP contribution is -2.38. The standard InChI is InChI=1S/C10H15N3O/c1-7-6-12-9(13-8(7)11)10(14-2)4-3-5-10/h6H,3-5H2,1-2H3,(H2,11,12,13). The number of nitrogens with two attached hydrogens (primary N) is 1. The van der Waals surface area contributed by atoms with E-state index in [1.165, 1.54) is 6.42 Å². The van der Waals surface area contributed by atoms with Crippen molar-refractivity contribution >= 4 is 5.82 Å². The van der Waals surface area contributed by atoms with Crippen LogP contribution in [0.5, 0.6) is 0 Å². The van der Waals surface area contributed by atoms with Gasteiger partial charge in [-0.1, -0.05) is 0 Å². The van der Waals surface area contributed by atoms with Gasteiger partial charge in [0.05, 0.1) is 0 Å². The SMILES string of the molecule is COC1(c2ncc(C)c(N)n2)CCC1. The Balaban J connectivity index is 2.36. The molecule has 0 unspecified atom stereocenters. The maximum Gasteiger partial charge on any atom is 0.162 e. The largest absolute Gasteiger partial charge is 0.383 e. The Morgan fingerprint density at radius 3 is 2.64 bits per heavy atom. The van der Waals surface area contributed by atoms with Crippen molar-refractivity contribution < 1.29 is 4.74 Å². The minimum absolute atomic E-state index is 0.262. The summed E-state index contributed by atoms with van der Waals surface area (Å²) in [6, 6.07) is 0. The van der Waals surface area contributed by atoms with Crippen molar-refractivity contribution in [3.8, 4) is 0 Å². The van der Waals surface area contributed by atoms with Crippen molar-refractivity contribution in [3.63, 3.8) is 0 Å². The fourth-order valence-corrected chi connectivity index (χ4v) is 1.69. The van der Waals surface area contributed by atoms with Crippen LogP contribution in [-0.4, -0.2) is 17.1 Å². The molecule has 0 atom stereocenters. The average Bonchev–Trinajstić information content (AvgIpc) is 2.10. The van der Waals surface area contributed by atoms with Crippen LogP contribution in [0.2, 0.25) is 0 Å². The summed E-state index contributed by atoms with van der Waals surface area (Å²) in [6.45, 7) is 1.90. The Hall–Kier alpha value is -1.16. The van der Waals surface area contributed by atoms with Crippen molar-refractivity contribution in [1.29, 1.82) is 0 Å². The van der Waals surface area contributed by atoms with Crippen LogP contribution >= 0.6 is 0 Å². The maximum absolute atomic E-state index is 5.74. The first kappa shape index (κ1) is 9.40. The van der Waals surface area contributed by atoms with Crippen LogP contribution < -0.4 is 5.73 Å². The van der Waals surface area contributed by atoms with Crippen LogP contribution in [0.25, 0.3) is 0 Å². The summed E-state index contributed by atoms with van der Waals surface area (Å²) < 4.78 is 5.47. The Morgan fingerprint density at radius 1 is 1.50 bits per heavy atom. The number of nitrogens with zero attached hydrogens (tertiary/aromatic N) is 2. The Labute approximate surface area is 83.5 Å². The van der Waals surface area contributed by atoms with E-state index in [0.29, 0.717) is 5.82 Å². The Kier molecular flexibility index (Phi) is 2.15. The van der Waals surface area contributed by atoms with Crippen molar-refractivity contribution in [1.82, 2.24) is 9.97 Å². The predicted octanol–water partition coefficient (Wildman–Crippen LogP) is 1.39. The molecule has 1 saturated carbocycles. The molecule has 0 amide bonds. The number of anilines is 1. The average molecular weight is 193 g/mol. The maximum atomic E-state index is 5.74. The molecule has 4 heteroatoms. The predicted molar refractivity (Wildman–Crippen MR) is 53.7 cm³/mol. The molecule has 1 fully saturated rings. The highest BCUT2D eigenvalue weighted by Crippen LogP contribution is 2.42. The molecule has 1 aliphatic carbocycles. The van der Waals surface area contributed by atoms with E-state index in [2.05, 4.69) is 9.97 Å². The number of ether oxygens (including phenoxy) is 1. The van der Waals surface area contributed by atoms with Gasteiger partial charge in [-0.2, -0.15) is 0 Å². The zero-order valence-electron chi connectivity index (χ0n) is 8.58. The van der Waals surface area contributed by atoms with Crippen LogP contribution in [0.15, 0.2) is 6.20 Å². The quantitative estimate of drug-likeness (QED) is 0.771. The van der Waals surface area contributed by atoms with Gasteiger partial charge in [-0.3, -0.25) is 0 Å². The van der Waals surface area contributed by atoms with Crippen LogP contribution in [0.4, 0.5) is 5.82 Å². The molecule has 4 nitrogen and oxygen atoms in total. The summed E-state index contributed by atoms with van der Waals surface area (Å²) in [5, 5.41) is 0. The molecule has 1 aromatic heterocycles. The fraction of sp³-hybridized carbons (Fsp3) is 0.600. The van der Waals surface area contributed by atoms with E-state index in [1.807, 2.05) is 6.92 Å². The summed E-state index contributed by atoms with van der Waals surface area (Å²) in [6.07, 6.45) is 4.92. The third-order valence-corrected chi connectivity index (χ3v) is 2.97. The monoisotopic (exact) mass is 193 g/mol. The van der Waals surface area contributed by atoms with Gasteiger partial charge in [0, 0.05) is 18.9 Å². The van der Waals surface area contributed by atoms with Gasteiger partial charge in [-0.15, -0.1) is 0 Å². The summed E-state index contributed by atoms with van der Waals surface area (Å²) in [5.74, 6) is 1.28. The molecule has 1 heterocycles. The lowest BCUT2D eigenvalue weighted by Gasteiger charge is -2.38. The molecule has 0 aromatic carbocycles. The van der Waals surface area contributed by atoms with E-state index in [9.17, 15) is 0 Å². The summed E-state index contributed by atoms with van der Waals surface area (Å²) in [7, 11) is 1.71. The van der Waals surface area contributed by atoms with Gasteiger partial charge in [0.25, 0.3) is 0 Å². The molecule has 1 aromatic rings. The third kappa shape index (κ3) is 1.26. The number of aryl methyl sites for hydroxylation is 1. The molecule has 14 heavy (non-hydrogen) atoms. The molecular weight excluding hydrogens is 178 g/mol.